The molecule has 100 valence electrons. The molecule has 1 aromatic carbocycles. The van der Waals surface area contributed by atoms with Crippen LogP contribution in [0, 0.1) is 5.82 Å². The van der Waals surface area contributed by atoms with Gasteiger partial charge in [0.15, 0.2) is 0 Å². The molecule has 0 aromatic heterocycles. The van der Waals surface area contributed by atoms with Crippen LogP contribution >= 0.6 is 15.9 Å². The first-order valence-corrected chi connectivity index (χ1v) is 6.57. The number of hydrogen-bond donors (Lipinski definition) is 1. The summed E-state index contributed by atoms with van der Waals surface area (Å²) in [6.07, 6.45) is -2.49. The lowest BCUT2D eigenvalue weighted by Gasteiger charge is -2.34. The third-order valence-corrected chi connectivity index (χ3v) is 3.68. The van der Waals surface area contributed by atoms with Gasteiger partial charge in [0.2, 0.25) is 0 Å². The number of nitrogens with zero attached hydrogens (tertiary/aromatic N) is 1. The van der Waals surface area contributed by atoms with Crippen LogP contribution in [0.25, 0.3) is 0 Å². The Hall–Kier alpha value is -0.590. The van der Waals surface area contributed by atoms with Crippen molar-refractivity contribution in [3.8, 4) is 0 Å². The van der Waals surface area contributed by atoms with Gasteiger partial charge in [0.25, 0.3) is 6.43 Å². The van der Waals surface area contributed by atoms with Gasteiger partial charge in [0, 0.05) is 26.2 Å². The largest absolute Gasteiger partial charge is 0.314 e. The third-order valence-electron chi connectivity index (χ3n) is 3.07. The number of alkyl halides is 2. The molecule has 0 aliphatic carbocycles. The topological polar surface area (TPSA) is 15.3 Å². The van der Waals surface area contributed by atoms with Gasteiger partial charge < -0.3 is 5.32 Å². The van der Waals surface area contributed by atoms with Crippen molar-refractivity contribution in [2.75, 3.05) is 26.2 Å². The Kier molecular flexibility index (Phi) is 4.64. The predicted octanol–water partition coefficient (Wildman–Crippen LogP) is 2.80. The van der Waals surface area contributed by atoms with E-state index in [4.69, 9.17) is 0 Å². The second-order valence-electron chi connectivity index (χ2n) is 4.24. The van der Waals surface area contributed by atoms with Crippen LogP contribution in [-0.2, 0) is 0 Å². The molecule has 18 heavy (non-hydrogen) atoms. The molecule has 1 heterocycles. The van der Waals surface area contributed by atoms with Gasteiger partial charge in [-0.25, -0.2) is 13.2 Å². The van der Waals surface area contributed by atoms with E-state index >= 15 is 0 Å². The summed E-state index contributed by atoms with van der Waals surface area (Å²) >= 11 is 3.04. The molecule has 0 unspecified atom stereocenters. The van der Waals surface area contributed by atoms with Gasteiger partial charge in [0.1, 0.15) is 5.82 Å². The number of hydrogen-bond acceptors (Lipinski definition) is 2. The molecule has 0 radical (unpaired) electrons. The van der Waals surface area contributed by atoms with E-state index in [0.29, 0.717) is 31.7 Å². The van der Waals surface area contributed by atoms with Crippen LogP contribution in [0.5, 0.6) is 0 Å². The zero-order valence-electron chi connectivity index (χ0n) is 9.67. The lowest BCUT2D eigenvalue weighted by Crippen LogP contribution is -2.46. The molecule has 1 aliphatic heterocycles. The molecule has 1 fully saturated rings. The predicted molar refractivity (Wildman–Crippen MR) is 67.3 cm³/mol. The standard InChI is InChI=1S/C12H14BrF3N2/c13-9-7-8(1-2-10(9)14)11(12(15)16)18-5-3-17-4-6-18/h1-2,7,11-12,17H,3-6H2/t11-/m0/s1. The Bertz CT molecular complexity index is 408. The molecular weight excluding hydrogens is 309 g/mol. The fourth-order valence-corrected chi connectivity index (χ4v) is 2.57. The summed E-state index contributed by atoms with van der Waals surface area (Å²) in [5.74, 6) is -0.438. The van der Waals surface area contributed by atoms with Crippen LogP contribution in [0.15, 0.2) is 22.7 Å². The molecule has 2 nitrogen and oxygen atoms in total. The summed E-state index contributed by atoms with van der Waals surface area (Å²) in [6.45, 7) is 2.55. The first-order chi connectivity index (χ1) is 8.59. The molecular formula is C12H14BrF3N2. The molecule has 0 bridgehead atoms. The maximum atomic E-state index is 13.2. The fraction of sp³-hybridized carbons (Fsp3) is 0.500. The highest BCUT2D eigenvalue weighted by atomic mass is 79.9. The summed E-state index contributed by atoms with van der Waals surface area (Å²) in [7, 11) is 0. The minimum Gasteiger partial charge on any atom is -0.314 e. The number of halogens is 4. The zero-order chi connectivity index (χ0) is 13.1. The third kappa shape index (κ3) is 3.05. The summed E-state index contributed by atoms with van der Waals surface area (Å²) in [6, 6.07) is 3.12. The van der Waals surface area contributed by atoms with Crippen molar-refractivity contribution in [2.24, 2.45) is 0 Å². The van der Waals surface area contributed by atoms with E-state index < -0.39 is 18.3 Å². The molecule has 1 aromatic rings. The van der Waals surface area contributed by atoms with Crippen molar-refractivity contribution < 1.29 is 13.2 Å². The average Bonchev–Trinajstić information content (AvgIpc) is 2.35. The SMILES string of the molecule is Fc1ccc([C@@H](C(F)F)N2CCNCC2)cc1Br. The maximum Gasteiger partial charge on any atom is 0.258 e. The summed E-state index contributed by atoms with van der Waals surface area (Å²) in [5, 5.41) is 3.12. The molecule has 1 N–H and O–H groups in total. The van der Waals surface area contributed by atoms with E-state index in [1.165, 1.54) is 18.2 Å². The second kappa shape index (κ2) is 6.04. The second-order valence-corrected chi connectivity index (χ2v) is 5.09. The Morgan fingerprint density at radius 1 is 1.22 bits per heavy atom. The normalized spacial score (nSPS) is 19.2. The molecule has 1 saturated heterocycles. The van der Waals surface area contributed by atoms with Crippen molar-refractivity contribution in [1.29, 1.82) is 0 Å². The van der Waals surface area contributed by atoms with Crippen LogP contribution in [0.3, 0.4) is 0 Å². The summed E-state index contributed by atoms with van der Waals surface area (Å²) in [4.78, 5) is 1.74. The quantitative estimate of drug-likeness (QED) is 0.920. The van der Waals surface area contributed by atoms with E-state index in [2.05, 4.69) is 21.2 Å². The molecule has 1 atom stereocenters. The van der Waals surface area contributed by atoms with Gasteiger partial charge in [-0.3, -0.25) is 4.90 Å². The molecule has 0 amide bonds. The van der Waals surface area contributed by atoms with Crippen LogP contribution in [0.2, 0.25) is 0 Å². The Labute approximate surface area is 112 Å². The fourth-order valence-electron chi connectivity index (χ4n) is 2.17. The van der Waals surface area contributed by atoms with E-state index in [-0.39, 0.29) is 4.47 Å². The minimum absolute atomic E-state index is 0.223. The van der Waals surface area contributed by atoms with Gasteiger partial charge in [-0.15, -0.1) is 0 Å². The first kappa shape index (κ1) is 13.8. The van der Waals surface area contributed by atoms with E-state index in [0.717, 1.165) is 0 Å². The zero-order valence-corrected chi connectivity index (χ0v) is 11.3. The van der Waals surface area contributed by atoms with Crippen LogP contribution in [0.4, 0.5) is 13.2 Å². The highest BCUT2D eigenvalue weighted by Gasteiger charge is 2.30. The average molecular weight is 323 g/mol. The van der Waals surface area contributed by atoms with Gasteiger partial charge in [-0.2, -0.15) is 0 Å². The number of benzene rings is 1. The van der Waals surface area contributed by atoms with Gasteiger partial charge >= 0.3 is 0 Å². The van der Waals surface area contributed by atoms with Crippen molar-refractivity contribution in [1.82, 2.24) is 10.2 Å². The lowest BCUT2D eigenvalue weighted by atomic mass is 10.0. The number of piperazine rings is 1. The smallest absolute Gasteiger partial charge is 0.258 e. The monoisotopic (exact) mass is 322 g/mol. The first-order valence-electron chi connectivity index (χ1n) is 5.77. The summed E-state index contributed by atoms with van der Waals surface area (Å²) in [5.41, 5.74) is 0.445. The molecule has 0 saturated carbocycles. The van der Waals surface area contributed by atoms with Crippen LogP contribution in [0.1, 0.15) is 11.6 Å². The number of nitrogens with one attached hydrogen (secondary N) is 1. The van der Waals surface area contributed by atoms with Crippen LogP contribution in [-0.4, -0.2) is 37.5 Å². The lowest BCUT2D eigenvalue weighted by molar-refractivity contribution is 0.0181. The molecule has 1 aliphatic rings. The van der Waals surface area contributed by atoms with Crippen molar-refractivity contribution in [3.63, 3.8) is 0 Å². The molecule has 6 heteroatoms. The van der Waals surface area contributed by atoms with Gasteiger partial charge in [-0.05, 0) is 33.6 Å². The van der Waals surface area contributed by atoms with Gasteiger partial charge in [-0.1, -0.05) is 6.07 Å². The minimum atomic E-state index is -2.49. The van der Waals surface area contributed by atoms with Gasteiger partial charge in [0.05, 0.1) is 10.5 Å². The van der Waals surface area contributed by atoms with E-state index in [1.54, 1.807) is 4.90 Å². The van der Waals surface area contributed by atoms with Crippen molar-refractivity contribution in [2.45, 2.75) is 12.5 Å². The Morgan fingerprint density at radius 3 is 2.44 bits per heavy atom. The summed E-state index contributed by atoms with van der Waals surface area (Å²) < 4.78 is 39.8. The molecule has 2 rings (SSSR count). The highest BCUT2D eigenvalue weighted by Crippen LogP contribution is 2.30. The van der Waals surface area contributed by atoms with Crippen LogP contribution < -0.4 is 5.32 Å². The Morgan fingerprint density at radius 2 is 1.89 bits per heavy atom. The number of rotatable bonds is 3. The maximum absolute atomic E-state index is 13.2. The van der Waals surface area contributed by atoms with Crippen molar-refractivity contribution >= 4 is 15.9 Å². The Balaban J connectivity index is 2.25. The molecule has 0 spiro atoms. The highest BCUT2D eigenvalue weighted by molar-refractivity contribution is 9.10. The van der Waals surface area contributed by atoms with E-state index in [9.17, 15) is 13.2 Å². The van der Waals surface area contributed by atoms with Crippen molar-refractivity contribution in [3.05, 3.63) is 34.1 Å². The van der Waals surface area contributed by atoms with E-state index in [1.807, 2.05) is 0 Å².